The fourth-order valence-electron chi connectivity index (χ4n) is 1.71. The molecule has 0 unspecified atom stereocenters. The second-order valence-electron chi connectivity index (χ2n) is 4.85. The van der Waals surface area contributed by atoms with E-state index in [0.717, 1.165) is 12.1 Å². The lowest BCUT2D eigenvalue weighted by Gasteiger charge is -2.13. The molecule has 2 rings (SSSR count). The summed E-state index contributed by atoms with van der Waals surface area (Å²) in [6.45, 7) is -0.124. The number of aliphatic hydroxyl groups is 1. The van der Waals surface area contributed by atoms with Gasteiger partial charge >= 0.3 is 0 Å². The molecule has 0 heterocycles. The molecule has 0 radical (unpaired) electrons. The van der Waals surface area contributed by atoms with Crippen LogP contribution in [0.5, 0.6) is 0 Å². The number of hydrogen-bond acceptors (Lipinski definition) is 5. The van der Waals surface area contributed by atoms with Gasteiger partial charge in [-0.25, -0.2) is 17.5 Å². The normalized spacial score (nSPS) is 16.9. The Morgan fingerprint density at radius 2 is 2.10 bits per heavy atom. The van der Waals surface area contributed by atoms with Crippen molar-refractivity contribution in [1.29, 1.82) is 0 Å². The van der Waals surface area contributed by atoms with Gasteiger partial charge in [-0.15, -0.1) is 0 Å². The summed E-state index contributed by atoms with van der Waals surface area (Å²) in [6.07, 6.45) is 1.41. The van der Waals surface area contributed by atoms with Crippen LogP contribution in [0.25, 0.3) is 0 Å². The lowest BCUT2D eigenvalue weighted by molar-refractivity contribution is -0.385. The summed E-state index contributed by atoms with van der Waals surface area (Å²) in [6, 6.07) is 2.35. The van der Waals surface area contributed by atoms with E-state index in [1.807, 2.05) is 0 Å². The summed E-state index contributed by atoms with van der Waals surface area (Å²) in [5.41, 5.74) is -0.972. The number of rotatable bonds is 6. The molecule has 0 bridgehead atoms. The molecule has 20 heavy (non-hydrogen) atoms. The maximum absolute atomic E-state index is 13.7. The Hall–Kier alpha value is -1.58. The zero-order valence-corrected chi connectivity index (χ0v) is 11.2. The molecule has 110 valence electrons. The Bertz CT molecular complexity index is 642. The van der Waals surface area contributed by atoms with Crippen molar-refractivity contribution in [2.75, 3.05) is 13.2 Å². The third kappa shape index (κ3) is 2.94. The number of sulfonamides is 1. The van der Waals surface area contributed by atoms with Crippen LogP contribution in [0, 0.1) is 21.3 Å². The highest BCUT2D eigenvalue weighted by molar-refractivity contribution is 7.89. The van der Waals surface area contributed by atoms with Gasteiger partial charge in [0.2, 0.25) is 10.0 Å². The molecular weight excluding hydrogens is 291 g/mol. The van der Waals surface area contributed by atoms with Crippen LogP contribution in [-0.4, -0.2) is 31.6 Å². The first-order valence-electron chi connectivity index (χ1n) is 5.84. The van der Waals surface area contributed by atoms with Crippen molar-refractivity contribution in [1.82, 2.24) is 4.72 Å². The Labute approximate surface area is 114 Å². The minimum atomic E-state index is -4.10. The molecule has 9 heteroatoms. The van der Waals surface area contributed by atoms with Crippen molar-refractivity contribution in [3.8, 4) is 0 Å². The predicted molar refractivity (Wildman–Crippen MR) is 67.0 cm³/mol. The summed E-state index contributed by atoms with van der Waals surface area (Å²) in [4.78, 5) is 9.01. The standard InChI is InChI=1S/C11H13FN2O5S/c12-9-5-8(14(16)17)1-2-10(9)20(18,19)13-6-11(7-15)3-4-11/h1-2,5,13,15H,3-4,6-7H2. The van der Waals surface area contributed by atoms with Gasteiger partial charge in [-0.3, -0.25) is 10.1 Å². The minimum absolute atomic E-state index is 0.0161. The number of hydrogen-bond donors (Lipinski definition) is 2. The monoisotopic (exact) mass is 304 g/mol. The maximum Gasteiger partial charge on any atom is 0.272 e. The molecule has 2 N–H and O–H groups in total. The molecule has 0 saturated heterocycles. The third-order valence-corrected chi connectivity index (χ3v) is 4.78. The Balaban J connectivity index is 2.19. The molecule has 1 aromatic carbocycles. The van der Waals surface area contributed by atoms with Crippen LogP contribution < -0.4 is 4.72 Å². The summed E-state index contributed by atoms with van der Waals surface area (Å²) in [7, 11) is -4.10. The first kappa shape index (κ1) is 14.8. The molecule has 1 aliphatic carbocycles. The molecule has 1 saturated carbocycles. The quantitative estimate of drug-likeness (QED) is 0.596. The van der Waals surface area contributed by atoms with Gasteiger partial charge in [-0.2, -0.15) is 0 Å². The van der Waals surface area contributed by atoms with E-state index in [0.29, 0.717) is 18.9 Å². The molecule has 0 aromatic heterocycles. The Morgan fingerprint density at radius 1 is 1.45 bits per heavy atom. The van der Waals surface area contributed by atoms with Crippen LogP contribution in [-0.2, 0) is 10.0 Å². The van der Waals surface area contributed by atoms with Gasteiger partial charge in [0.1, 0.15) is 10.7 Å². The summed E-state index contributed by atoms with van der Waals surface area (Å²) in [5.74, 6) is -1.18. The molecule has 0 atom stereocenters. The maximum atomic E-state index is 13.7. The predicted octanol–water partition coefficient (Wildman–Crippen LogP) is 0.785. The first-order chi connectivity index (χ1) is 9.30. The van der Waals surface area contributed by atoms with Gasteiger partial charge in [0, 0.05) is 24.6 Å². The fraction of sp³-hybridized carbons (Fsp3) is 0.455. The van der Waals surface area contributed by atoms with E-state index in [2.05, 4.69) is 4.72 Å². The van der Waals surface area contributed by atoms with Crippen molar-refractivity contribution in [2.45, 2.75) is 17.7 Å². The van der Waals surface area contributed by atoms with Crippen LogP contribution in [0.3, 0.4) is 0 Å². The van der Waals surface area contributed by atoms with Crippen LogP contribution in [0.1, 0.15) is 12.8 Å². The lowest BCUT2D eigenvalue weighted by Crippen LogP contribution is -2.32. The minimum Gasteiger partial charge on any atom is -0.396 e. The second kappa shape index (κ2) is 5.08. The average molecular weight is 304 g/mol. The molecular formula is C11H13FN2O5S. The molecule has 1 aromatic rings. The van der Waals surface area contributed by atoms with Crippen molar-refractivity contribution in [3.63, 3.8) is 0 Å². The van der Waals surface area contributed by atoms with Gasteiger partial charge in [0.05, 0.1) is 11.0 Å². The number of nitro benzene ring substituents is 1. The van der Waals surface area contributed by atoms with Crippen LogP contribution in [0.15, 0.2) is 23.1 Å². The van der Waals surface area contributed by atoms with Crippen molar-refractivity contribution < 1.29 is 22.8 Å². The van der Waals surface area contributed by atoms with E-state index in [1.54, 1.807) is 0 Å². The number of benzene rings is 1. The number of nitro groups is 1. The van der Waals surface area contributed by atoms with Crippen LogP contribution in [0.4, 0.5) is 10.1 Å². The molecule has 7 nitrogen and oxygen atoms in total. The SMILES string of the molecule is O=[N+]([O-])c1ccc(S(=O)(=O)NCC2(CO)CC2)c(F)c1. The number of nitrogens with one attached hydrogen (secondary N) is 1. The highest BCUT2D eigenvalue weighted by Gasteiger charge is 2.42. The zero-order valence-electron chi connectivity index (χ0n) is 10.4. The van der Waals surface area contributed by atoms with Gasteiger partial charge < -0.3 is 5.11 Å². The Morgan fingerprint density at radius 3 is 2.55 bits per heavy atom. The first-order valence-corrected chi connectivity index (χ1v) is 7.32. The van der Waals surface area contributed by atoms with E-state index in [-0.39, 0.29) is 13.2 Å². The third-order valence-electron chi connectivity index (χ3n) is 3.35. The lowest BCUT2D eigenvalue weighted by atomic mass is 10.1. The molecule has 1 aliphatic rings. The fourth-order valence-corrected chi connectivity index (χ4v) is 2.93. The van der Waals surface area contributed by atoms with Gasteiger partial charge in [-0.1, -0.05) is 0 Å². The molecule has 0 amide bonds. The Kier molecular flexibility index (Phi) is 3.76. The van der Waals surface area contributed by atoms with Crippen molar-refractivity contribution >= 4 is 15.7 Å². The number of aliphatic hydroxyl groups excluding tert-OH is 1. The van der Waals surface area contributed by atoms with E-state index in [1.165, 1.54) is 0 Å². The topological polar surface area (TPSA) is 110 Å². The smallest absolute Gasteiger partial charge is 0.272 e. The van der Waals surface area contributed by atoms with Crippen molar-refractivity contribution in [3.05, 3.63) is 34.1 Å². The number of halogens is 1. The van der Waals surface area contributed by atoms with Crippen molar-refractivity contribution in [2.24, 2.45) is 5.41 Å². The van der Waals surface area contributed by atoms with E-state index >= 15 is 0 Å². The summed E-state index contributed by atoms with van der Waals surface area (Å²) >= 11 is 0. The van der Waals surface area contributed by atoms with Gasteiger partial charge in [0.25, 0.3) is 5.69 Å². The van der Waals surface area contributed by atoms with E-state index in [9.17, 15) is 22.9 Å². The van der Waals surface area contributed by atoms with Gasteiger partial charge in [-0.05, 0) is 18.9 Å². The number of non-ortho nitro benzene ring substituents is 1. The summed E-state index contributed by atoms with van der Waals surface area (Å²) in [5, 5.41) is 19.6. The van der Waals surface area contributed by atoms with E-state index in [4.69, 9.17) is 5.11 Å². The second-order valence-corrected chi connectivity index (χ2v) is 6.59. The number of nitrogens with zero attached hydrogens (tertiary/aromatic N) is 1. The highest BCUT2D eigenvalue weighted by Crippen LogP contribution is 2.44. The summed E-state index contributed by atoms with van der Waals surface area (Å²) < 4.78 is 39.7. The average Bonchev–Trinajstić information content (AvgIpc) is 3.17. The van der Waals surface area contributed by atoms with Crippen LogP contribution in [0.2, 0.25) is 0 Å². The molecule has 1 fully saturated rings. The zero-order chi connectivity index (χ0) is 15.0. The molecule has 0 aliphatic heterocycles. The van der Waals surface area contributed by atoms with Gasteiger partial charge in [0.15, 0.2) is 0 Å². The molecule has 0 spiro atoms. The largest absolute Gasteiger partial charge is 0.396 e. The van der Waals surface area contributed by atoms with Crippen LogP contribution >= 0.6 is 0 Å². The highest BCUT2D eigenvalue weighted by atomic mass is 32.2. The van der Waals surface area contributed by atoms with E-state index < -0.39 is 36.8 Å².